The van der Waals surface area contributed by atoms with Crippen LogP contribution in [0, 0.1) is 10.1 Å². The van der Waals surface area contributed by atoms with E-state index in [2.05, 4.69) is 0 Å². The fourth-order valence-electron chi connectivity index (χ4n) is 2.37. The van der Waals surface area contributed by atoms with Crippen molar-refractivity contribution in [2.24, 2.45) is 0 Å². The van der Waals surface area contributed by atoms with Gasteiger partial charge in [-0.3, -0.25) is 14.9 Å². The number of amides is 1. The van der Waals surface area contributed by atoms with E-state index in [0.717, 1.165) is 0 Å². The largest absolute Gasteiger partial charge is 0.375 e. The highest BCUT2D eigenvalue weighted by Crippen LogP contribution is 2.28. The first kappa shape index (κ1) is 15.2. The van der Waals surface area contributed by atoms with Gasteiger partial charge in [-0.15, -0.1) is 0 Å². The van der Waals surface area contributed by atoms with Gasteiger partial charge in [-0.25, -0.2) is 0 Å². The van der Waals surface area contributed by atoms with Gasteiger partial charge in [0.25, 0.3) is 11.6 Å². The molecule has 0 bridgehead atoms. The summed E-state index contributed by atoms with van der Waals surface area (Å²) in [6, 6.07) is 4.58. The summed E-state index contributed by atoms with van der Waals surface area (Å²) >= 11 is 0. The topological polar surface area (TPSA) is 75.9 Å². The van der Waals surface area contributed by atoms with Crippen molar-refractivity contribution in [2.45, 2.75) is 13.0 Å². The Bertz CT molecular complexity index is 559. The molecule has 21 heavy (non-hydrogen) atoms. The first-order valence-corrected chi connectivity index (χ1v) is 6.76. The van der Waals surface area contributed by atoms with Crippen molar-refractivity contribution in [3.8, 4) is 0 Å². The molecule has 0 radical (unpaired) electrons. The molecule has 0 aliphatic carbocycles. The maximum absolute atomic E-state index is 12.4. The number of hydrogen-bond acceptors (Lipinski definition) is 5. The second-order valence-electron chi connectivity index (χ2n) is 5.29. The Kier molecular flexibility index (Phi) is 4.42. The van der Waals surface area contributed by atoms with Crippen LogP contribution in [0.2, 0.25) is 0 Å². The molecule has 7 heteroatoms. The highest BCUT2D eigenvalue weighted by atomic mass is 16.6. The van der Waals surface area contributed by atoms with Crippen LogP contribution in [-0.4, -0.2) is 55.6 Å². The molecular formula is C14H19N3O4. The Hall–Kier alpha value is -2.15. The molecule has 2 rings (SSSR count). The number of ether oxygens (including phenoxy) is 1. The summed E-state index contributed by atoms with van der Waals surface area (Å²) in [6.45, 7) is 3.40. The van der Waals surface area contributed by atoms with E-state index >= 15 is 0 Å². The van der Waals surface area contributed by atoms with Crippen molar-refractivity contribution < 1.29 is 14.5 Å². The number of rotatable bonds is 3. The van der Waals surface area contributed by atoms with Crippen molar-refractivity contribution in [1.29, 1.82) is 0 Å². The van der Waals surface area contributed by atoms with Crippen molar-refractivity contribution in [3.05, 3.63) is 33.9 Å². The molecule has 1 aromatic carbocycles. The summed E-state index contributed by atoms with van der Waals surface area (Å²) < 4.78 is 5.40. The van der Waals surface area contributed by atoms with Gasteiger partial charge in [0.2, 0.25) is 0 Å². The molecule has 1 amide bonds. The Morgan fingerprint density at radius 3 is 2.76 bits per heavy atom. The lowest BCUT2D eigenvalue weighted by molar-refractivity contribution is -0.384. The number of benzene rings is 1. The van der Waals surface area contributed by atoms with Gasteiger partial charge in [0.1, 0.15) is 5.69 Å². The van der Waals surface area contributed by atoms with Gasteiger partial charge in [-0.05, 0) is 19.1 Å². The average molecular weight is 293 g/mol. The van der Waals surface area contributed by atoms with Crippen LogP contribution in [0.25, 0.3) is 0 Å². The first-order chi connectivity index (χ1) is 9.90. The maximum Gasteiger partial charge on any atom is 0.293 e. The van der Waals surface area contributed by atoms with Crippen molar-refractivity contribution >= 4 is 17.3 Å². The summed E-state index contributed by atoms with van der Waals surface area (Å²) in [6.07, 6.45) is -0.0151. The summed E-state index contributed by atoms with van der Waals surface area (Å²) in [7, 11) is 3.46. The van der Waals surface area contributed by atoms with E-state index in [-0.39, 0.29) is 17.7 Å². The third kappa shape index (κ3) is 3.30. The van der Waals surface area contributed by atoms with E-state index in [1.165, 1.54) is 6.07 Å². The summed E-state index contributed by atoms with van der Waals surface area (Å²) in [5, 5.41) is 11.2. The minimum absolute atomic E-state index is 0.0151. The number of carbonyl (C=O) groups is 1. The second kappa shape index (κ2) is 6.09. The van der Waals surface area contributed by atoms with Crippen LogP contribution >= 0.6 is 0 Å². The predicted octanol–water partition coefficient (Wildman–Crippen LogP) is 1.52. The molecule has 1 saturated heterocycles. The number of morpholine rings is 1. The molecule has 1 aromatic rings. The molecule has 0 aromatic heterocycles. The Morgan fingerprint density at radius 1 is 1.48 bits per heavy atom. The van der Waals surface area contributed by atoms with Crippen molar-refractivity contribution in [2.75, 3.05) is 38.7 Å². The van der Waals surface area contributed by atoms with E-state index in [4.69, 9.17) is 4.74 Å². The lowest BCUT2D eigenvalue weighted by Gasteiger charge is -2.31. The van der Waals surface area contributed by atoms with Crippen LogP contribution in [-0.2, 0) is 4.74 Å². The fraction of sp³-hybridized carbons (Fsp3) is 0.500. The Morgan fingerprint density at radius 2 is 2.19 bits per heavy atom. The van der Waals surface area contributed by atoms with Gasteiger partial charge < -0.3 is 14.5 Å². The van der Waals surface area contributed by atoms with Crippen LogP contribution < -0.4 is 4.90 Å². The number of nitro benzene ring substituents is 1. The lowest BCUT2D eigenvalue weighted by Crippen LogP contribution is -2.44. The number of nitro groups is 1. The van der Waals surface area contributed by atoms with Gasteiger partial charge in [-0.1, -0.05) is 0 Å². The van der Waals surface area contributed by atoms with Crippen LogP contribution in [0.4, 0.5) is 11.4 Å². The van der Waals surface area contributed by atoms with E-state index in [0.29, 0.717) is 30.9 Å². The number of carbonyl (C=O) groups excluding carboxylic acids is 1. The Labute approximate surface area is 123 Å². The van der Waals surface area contributed by atoms with Gasteiger partial charge >= 0.3 is 0 Å². The molecule has 1 heterocycles. The molecular weight excluding hydrogens is 274 g/mol. The summed E-state index contributed by atoms with van der Waals surface area (Å²) in [4.78, 5) is 26.5. The highest BCUT2D eigenvalue weighted by molar-refractivity contribution is 5.95. The monoisotopic (exact) mass is 293 g/mol. The van der Waals surface area contributed by atoms with Gasteiger partial charge in [-0.2, -0.15) is 0 Å². The third-order valence-electron chi connectivity index (χ3n) is 3.43. The SMILES string of the molecule is C[C@@H]1CN(C(=O)c2ccc(N(C)C)c([N+](=O)[O-])c2)CCO1. The predicted molar refractivity (Wildman–Crippen MR) is 78.7 cm³/mol. The quantitative estimate of drug-likeness (QED) is 0.624. The van der Waals surface area contributed by atoms with Gasteiger partial charge in [0, 0.05) is 38.8 Å². The van der Waals surface area contributed by atoms with Crippen LogP contribution in [0.1, 0.15) is 17.3 Å². The molecule has 7 nitrogen and oxygen atoms in total. The molecule has 1 fully saturated rings. The molecule has 0 saturated carbocycles. The van der Waals surface area contributed by atoms with E-state index in [1.54, 1.807) is 36.0 Å². The Balaban J connectivity index is 2.29. The standard InChI is InChI=1S/C14H19N3O4/c1-10-9-16(6-7-21-10)14(18)11-4-5-12(15(2)3)13(8-11)17(19)20/h4-5,8,10H,6-7,9H2,1-3H3/t10-/m1/s1. The molecule has 1 aliphatic heterocycles. The number of anilines is 1. The molecule has 0 unspecified atom stereocenters. The van der Waals surface area contributed by atoms with E-state index < -0.39 is 4.92 Å². The highest BCUT2D eigenvalue weighted by Gasteiger charge is 2.25. The van der Waals surface area contributed by atoms with Crippen molar-refractivity contribution in [3.63, 3.8) is 0 Å². The number of nitrogens with zero attached hydrogens (tertiary/aromatic N) is 3. The molecule has 114 valence electrons. The fourth-order valence-corrected chi connectivity index (χ4v) is 2.37. The van der Waals surface area contributed by atoms with Gasteiger partial charge in [0.15, 0.2) is 0 Å². The van der Waals surface area contributed by atoms with Crippen molar-refractivity contribution in [1.82, 2.24) is 4.90 Å². The van der Waals surface area contributed by atoms with Crippen LogP contribution in [0.3, 0.4) is 0 Å². The average Bonchev–Trinajstić information content (AvgIpc) is 2.45. The molecule has 1 aliphatic rings. The van der Waals surface area contributed by atoms with E-state index in [9.17, 15) is 14.9 Å². The second-order valence-corrected chi connectivity index (χ2v) is 5.29. The van der Waals surface area contributed by atoms with Crippen LogP contribution in [0.15, 0.2) is 18.2 Å². The summed E-state index contributed by atoms with van der Waals surface area (Å²) in [5.74, 6) is -0.196. The normalized spacial score (nSPS) is 18.4. The van der Waals surface area contributed by atoms with Gasteiger partial charge in [0.05, 0.1) is 17.6 Å². The summed E-state index contributed by atoms with van der Waals surface area (Å²) in [5.41, 5.74) is 0.750. The zero-order valence-electron chi connectivity index (χ0n) is 12.4. The zero-order valence-corrected chi connectivity index (χ0v) is 12.4. The minimum Gasteiger partial charge on any atom is -0.375 e. The molecule has 1 atom stereocenters. The number of hydrogen-bond donors (Lipinski definition) is 0. The minimum atomic E-state index is -0.464. The maximum atomic E-state index is 12.4. The van der Waals surface area contributed by atoms with Crippen LogP contribution in [0.5, 0.6) is 0 Å². The smallest absolute Gasteiger partial charge is 0.293 e. The lowest BCUT2D eigenvalue weighted by atomic mass is 10.1. The molecule has 0 spiro atoms. The molecule has 0 N–H and O–H groups in total. The van der Waals surface area contributed by atoms with E-state index in [1.807, 2.05) is 6.92 Å². The first-order valence-electron chi connectivity index (χ1n) is 6.76. The third-order valence-corrected chi connectivity index (χ3v) is 3.43. The zero-order chi connectivity index (χ0) is 15.6.